The molecule has 0 radical (unpaired) electrons. The average Bonchev–Trinajstić information content (AvgIpc) is 3.10. The highest BCUT2D eigenvalue weighted by molar-refractivity contribution is 5.95. The highest BCUT2D eigenvalue weighted by Crippen LogP contribution is 2.32. The van der Waals surface area contributed by atoms with E-state index in [9.17, 15) is 14.4 Å². The van der Waals surface area contributed by atoms with Crippen molar-refractivity contribution in [2.24, 2.45) is 0 Å². The summed E-state index contributed by atoms with van der Waals surface area (Å²) < 4.78 is 5.47. The lowest BCUT2D eigenvalue weighted by Crippen LogP contribution is -2.51. The number of benzene rings is 1. The summed E-state index contributed by atoms with van der Waals surface area (Å²) in [7, 11) is 0. The Morgan fingerprint density at radius 2 is 1.92 bits per heavy atom. The van der Waals surface area contributed by atoms with E-state index in [1.165, 1.54) is 0 Å². The number of esters is 1. The first-order valence-electron chi connectivity index (χ1n) is 12.8. The molecule has 36 heavy (non-hydrogen) atoms. The fourth-order valence-electron chi connectivity index (χ4n) is 4.54. The Hall–Kier alpha value is -3.33. The molecule has 2 N–H and O–H groups in total. The average molecular weight is 498 g/mol. The summed E-state index contributed by atoms with van der Waals surface area (Å²) in [6.07, 6.45) is 3.34. The molecule has 1 aromatic carbocycles. The van der Waals surface area contributed by atoms with Gasteiger partial charge in [0, 0.05) is 51.5 Å². The number of carbonyl (C=O) groups excluding carboxylic acids is 3. The van der Waals surface area contributed by atoms with Gasteiger partial charge in [-0.1, -0.05) is 42.8 Å². The zero-order valence-corrected chi connectivity index (χ0v) is 21.7. The Bertz CT molecular complexity index is 975. The van der Waals surface area contributed by atoms with E-state index in [-0.39, 0.29) is 25.2 Å². The number of hydrogen-bond donors (Lipinski definition) is 2. The van der Waals surface area contributed by atoms with E-state index in [1.54, 1.807) is 17.9 Å². The fraction of sp³-hybridized carbons (Fsp3) is 0.519. The lowest BCUT2D eigenvalue weighted by molar-refractivity contribution is -0.139. The molecule has 2 aliphatic rings. The van der Waals surface area contributed by atoms with Gasteiger partial charge in [0.15, 0.2) is 0 Å². The molecule has 1 aromatic rings. The lowest BCUT2D eigenvalue weighted by Gasteiger charge is -2.38. The third-order valence-electron chi connectivity index (χ3n) is 6.43. The van der Waals surface area contributed by atoms with E-state index in [0.717, 1.165) is 30.5 Å². The second kappa shape index (κ2) is 13.1. The van der Waals surface area contributed by atoms with Crippen LogP contribution in [0, 0.1) is 6.92 Å². The van der Waals surface area contributed by atoms with E-state index in [1.807, 2.05) is 43.0 Å². The van der Waals surface area contributed by atoms with Crippen LogP contribution in [0.25, 0.3) is 0 Å². The van der Waals surface area contributed by atoms with Gasteiger partial charge in [-0.3, -0.25) is 9.80 Å². The summed E-state index contributed by atoms with van der Waals surface area (Å²) in [5, 5.41) is 5.94. The molecular formula is C27H39N5O4. The molecule has 0 bridgehead atoms. The second-order valence-corrected chi connectivity index (χ2v) is 9.12. The first-order valence-corrected chi connectivity index (χ1v) is 12.8. The van der Waals surface area contributed by atoms with E-state index in [4.69, 9.17) is 4.74 Å². The Labute approximate surface area is 214 Å². The van der Waals surface area contributed by atoms with Crippen LogP contribution in [0.15, 0.2) is 48.2 Å². The number of aryl methyl sites for hydroxylation is 1. The number of nitrogens with zero attached hydrogens (tertiary/aromatic N) is 3. The monoisotopic (exact) mass is 497 g/mol. The Balaban J connectivity index is 1.94. The van der Waals surface area contributed by atoms with Crippen molar-refractivity contribution >= 4 is 18.0 Å². The van der Waals surface area contributed by atoms with E-state index >= 15 is 0 Å². The molecule has 4 amide bonds. The first kappa shape index (κ1) is 27.3. The molecule has 0 aliphatic carbocycles. The van der Waals surface area contributed by atoms with Crippen LogP contribution in [0.3, 0.4) is 0 Å². The van der Waals surface area contributed by atoms with Gasteiger partial charge in [-0.25, -0.2) is 14.4 Å². The lowest BCUT2D eigenvalue weighted by atomic mass is 9.93. The van der Waals surface area contributed by atoms with Gasteiger partial charge in [-0.15, -0.1) is 6.58 Å². The summed E-state index contributed by atoms with van der Waals surface area (Å²) in [4.78, 5) is 44.6. The predicted octanol–water partition coefficient (Wildman–Crippen LogP) is 3.19. The molecule has 3 rings (SSSR count). The molecule has 9 heteroatoms. The predicted molar refractivity (Wildman–Crippen MR) is 139 cm³/mol. The van der Waals surface area contributed by atoms with Crippen LogP contribution in [0.5, 0.6) is 0 Å². The topological polar surface area (TPSA) is 94.2 Å². The van der Waals surface area contributed by atoms with Crippen molar-refractivity contribution in [1.29, 1.82) is 0 Å². The van der Waals surface area contributed by atoms with Gasteiger partial charge in [0.25, 0.3) is 0 Å². The summed E-state index contributed by atoms with van der Waals surface area (Å²) >= 11 is 0. The molecule has 1 saturated heterocycles. The van der Waals surface area contributed by atoms with Crippen LogP contribution in [0.2, 0.25) is 0 Å². The van der Waals surface area contributed by atoms with Crippen LogP contribution < -0.4 is 10.6 Å². The number of carbonyl (C=O) groups is 3. The summed E-state index contributed by atoms with van der Waals surface area (Å²) in [6, 6.07) is 6.85. The van der Waals surface area contributed by atoms with Crippen molar-refractivity contribution < 1.29 is 19.1 Å². The van der Waals surface area contributed by atoms with Gasteiger partial charge in [0.1, 0.15) is 0 Å². The SMILES string of the molecule is C=CCN1C(=O)N[C@H](c2ccc(C)cc2)C(C(=O)OCC)=C1CN1CCCN(C(=O)NCCC)CC1. The highest BCUT2D eigenvalue weighted by atomic mass is 16.5. The van der Waals surface area contributed by atoms with Crippen LogP contribution in [-0.2, 0) is 9.53 Å². The maximum Gasteiger partial charge on any atom is 0.338 e. The van der Waals surface area contributed by atoms with Crippen molar-refractivity contribution in [3.05, 3.63) is 59.3 Å². The van der Waals surface area contributed by atoms with E-state index < -0.39 is 12.0 Å². The fourth-order valence-corrected chi connectivity index (χ4v) is 4.54. The molecule has 1 fully saturated rings. The number of rotatable bonds is 9. The Morgan fingerprint density at radius 3 is 2.58 bits per heavy atom. The van der Waals surface area contributed by atoms with E-state index in [2.05, 4.69) is 22.1 Å². The van der Waals surface area contributed by atoms with Crippen LogP contribution in [0.4, 0.5) is 9.59 Å². The summed E-state index contributed by atoms with van der Waals surface area (Å²) in [6.45, 7) is 13.8. The molecule has 2 aliphatic heterocycles. The van der Waals surface area contributed by atoms with Gasteiger partial charge in [0.2, 0.25) is 0 Å². The third kappa shape index (κ3) is 6.66. The largest absolute Gasteiger partial charge is 0.463 e. The highest BCUT2D eigenvalue weighted by Gasteiger charge is 2.38. The zero-order chi connectivity index (χ0) is 26.1. The van der Waals surface area contributed by atoms with Crippen molar-refractivity contribution in [2.45, 2.75) is 39.7 Å². The van der Waals surface area contributed by atoms with Gasteiger partial charge in [-0.2, -0.15) is 0 Å². The smallest absolute Gasteiger partial charge is 0.338 e. The molecule has 9 nitrogen and oxygen atoms in total. The third-order valence-corrected chi connectivity index (χ3v) is 6.43. The first-order chi connectivity index (χ1) is 17.4. The van der Waals surface area contributed by atoms with Crippen LogP contribution in [0.1, 0.15) is 43.9 Å². The molecule has 1 atom stereocenters. The number of nitrogens with one attached hydrogen (secondary N) is 2. The summed E-state index contributed by atoms with van der Waals surface area (Å²) in [5.41, 5.74) is 2.96. The number of hydrogen-bond acceptors (Lipinski definition) is 5. The van der Waals surface area contributed by atoms with Crippen LogP contribution >= 0.6 is 0 Å². The molecule has 196 valence electrons. The Morgan fingerprint density at radius 1 is 1.17 bits per heavy atom. The van der Waals surface area contributed by atoms with Gasteiger partial charge < -0.3 is 20.3 Å². The molecule has 0 aromatic heterocycles. The van der Waals surface area contributed by atoms with Gasteiger partial charge in [-0.05, 0) is 32.3 Å². The Kier molecular flexibility index (Phi) is 9.93. The standard InChI is InChI=1S/C27H39N5O4/c1-5-13-28-26(34)31-16-8-15-30(17-18-31)19-22-23(25(33)36-7-3)24(21-11-9-20(4)10-12-21)29-27(35)32(22)14-6-2/h6,9-12,24H,2,5,7-8,13-19H2,1,3-4H3,(H,28,34)(H,29,35)/t24-/m1/s1. The number of urea groups is 2. The normalized spacial score (nSPS) is 19.0. The van der Waals surface area contributed by atoms with E-state index in [0.29, 0.717) is 44.0 Å². The number of amides is 4. The van der Waals surface area contributed by atoms with Gasteiger partial charge >= 0.3 is 18.0 Å². The molecule has 0 unspecified atom stereocenters. The van der Waals surface area contributed by atoms with Crippen molar-refractivity contribution in [3.63, 3.8) is 0 Å². The molecule has 2 heterocycles. The number of ether oxygens (including phenoxy) is 1. The van der Waals surface area contributed by atoms with Crippen LogP contribution in [-0.4, -0.2) is 85.2 Å². The van der Waals surface area contributed by atoms with Crippen molar-refractivity contribution in [3.8, 4) is 0 Å². The zero-order valence-electron chi connectivity index (χ0n) is 21.7. The molecule has 0 spiro atoms. The minimum Gasteiger partial charge on any atom is -0.463 e. The van der Waals surface area contributed by atoms with Gasteiger partial charge in [0.05, 0.1) is 18.2 Å². The minimum atomic E-state index is -0.614. The maximum atomic E-state index is 13.3. The minimum absolute atomic E-state index is 0.0464. The second-order valence-electron chi connectivity index (χ2n) is 9.12. The molecule has 0 saturated carbocycles. The maximum absolute atomic E-state index is 13.3. The quantitative estimate of drug-likeness (QED) is 0.404. The van der Waals surface area contributed by atoms with Crippen molar-refractivity contribution in [2.75, 3.05) is 52.4 Å². The molecular weight excluding hydrogens is 458 g/mol. The van der Waals surface area contributed by atoms with Crippen molar-refractivity contribution in [1.82, 2.24) is 25.3 Å². The summed E-state index contributed by atoms with van der Waals surface area (Å²) in [5.74, 6) is -0.442.